The van der Waals surface area contributed by atoms with Gasteiger partial charge >= 0.3 is 0 Å². The van der Waals surface area contributed by atoms with Gasteiger partial charge in [0, 0.05) is 18.0 Å². The smallest absolute Gasteiger partial charge is 0.0856 e. The fourth-order valence-corrected chi connectivity index (χ4v) is 3.82. The van der Waals surface area contributed by atoms with Gasteiger partial charge in [-0.25, -0.2) is 5.53 Å². The number of nitrogens with zero attached hydrogens (tertiary/aromatic N) is 1. The molecule has 1 aliphatic carbocycles. The number of aliphatic hydroxyl groups excluding tert-OH is 2. The topological polar surface area (TPSA) is 88.7 Å². The zero-order chi connectivity index (χ0) is 19.2. The summed E-state index contributed by atoms with van der Waals surface area (Å²) in [6, 6.07) is 17.9. The monoisotopic (exact) mass is 365 g/mol. The largest absolute Gasteiger partial charge is 0.391 e. The van der Waals surface area contributed by atoms with Gasteiger partial charge in [0.1, 0.15) is 0 Å². The Morgan fingerprint density at radius 2 is 1.89 bits per heavy atom. The third kappa shape index (κ3) is 4.81. The molecule has 5 heteroatoms. The summed E-state index contributed by atoms with van der Waals surface area (Å²) in [6.45, 7) is 4.32. The first-order valence-electron chi connectivity index (χ1n) is 9.35. The maximum atomic E-state index is 10.5. The van der Waals surface area contributed by atoms with Crippen LogP contribution < -0.4 is 5.32 Å². The summed E-state index contributed by atoms with van der Waals surface area (Å²) in [6.07, 6.45) is 0.644. The van der Waals surface area contributed by atoms with Crippen molar-refractivity contribution in [3.63, 3.8) is 0 Å². The first-order valence-corrected chi connectivity index (χ1v) is 9.35. The third-order valence-corrected chi connectivity index (χ3v) is 5.22. The lowest BCUT2D eigenvalue weighted by Gasteiger charge is -2.27. The standard InChI is InChI=1S/C22H27N3O2/c1-15(25-22-20-10-6-5-9-17(20)13-21(22)27)18(12-19(26)14-24-23)11-16-7-3-2-4-8-16/h2-10,18-19,21-23,25-27H,1,11-14H2/t18-,19+,21-,22+/m1/s1. The number of benzene rings is 2. The van der Waals surface area contributed by atoms with Gasteiger partial charge in [-0.15, -0.1) is 0 Å². The van der Waals surface area contributed by atoms with Crippen LogP contribution in [0.1, 0.15) is 29.2 Å². The first kappa shape index (κ1) is 19.3. The fourth-order valence-electron chi connectivity index (χ4n) is 3.82. The van der Waals surface area contributed by atoms with Crippen LogP contribution in [-0.4, -0.2) is 29.0 Å². The van der Waals surface area contributed by atoms with Crippen molar-refractivity contribution in [1.82, 2.24) is 5.32 Å². The molecule has 0 saturated carbocycles. The molecule has 0 aliphatic heterocycles. The van der Waals surface area contributed by atoms with Crippen LogP contribution in [0.25, 0.3) is 0 Å². The van der Waals surface area contributed by atoms with Gasteiger partial charge in [-0.2, -0.15) is 5.11 Å². The van der Waals surface area contributed by atoms with Crippen molar-refractivity contribution in [2.75, 3.05) is 6.54 Å². The molecule has 4 N–H and O–H groups in total. The maximum absolute atomic E-state index is 10.5. The number of rotatable bonds is 9. The molecule has 0 radical (unpaired) electrons. The summed E-state index contributed by atoms with van der Waals surface area (Å²) >= 11 is 0. The minimum atomic E-state index is -0.685. The van der Waals surface area contributed by atoms with Gasteiger partial charge in [-0.05, 0) is 29.5 Å². The fraction of sp³-hybridized carbons (Fsp3) is 0.364. The highest BCUT2D eigenvalue weighted by molar-refractivity contribution is 5.37. The summed E-state index contributed by atoms with van der Waals surface area (Å²) in [7, 11) is 0. The van der Waals surface area contributed by atoms with Crippen LogP contribution in [0.2, 0.25) is 0 Å². The second kappa shape index (κ2) is 8.93. The summed E-state index contributed by atoms with van der Waals surface area (Å²) in [5, 5.41) is 27.4. The zero-order valence-corrected chi connectivity index (χ0v) is 15.4. The lowest BCUT2D eigenvalue weighted by atomic mass is 9.90. The lowest BCUT2D eigenvalue weighted by molar-refractivity contribution is 0.136. The molecule has 0 fully saturated rings. The SMILES string of the molecule is C=C(N[C@H]1c2ccccc2C[C@H]1O)[C@H](Cc1ccccc1)C[C@H](O)CN=N. The van der Waals surface area contributed by atoms with Crippen molar-refractivity contribution in [3.05, 3.63) is 83.6 Å². The van der Waals surface area contributed by atoms with Gasteiger partial charge in [-0.1, -0.05) is 61.2 Å². The van der Waals surface area contributed by atoms with Gasteiger partial charge in [-0.3, -0.25) is 0 Å². The van der Waals surface area contributed by atoms with Gasteiger partial charge in [0.15, 0.2) is 0 Å². The Morgan fingerprint density at radius 1 is 1.19 bits per heavy atom. The number of hydrogen-bond acceptors (Lipinski definition) is 5. The average Bonchev–Trinajstić information content (AvgIpc) is 2.97. The molecule has 0 spiro atoms. The van der Waals surface area contributed by atoms with Gasteiger partial charge in [0.25, 0.3) is 0 Å². The van der Waals surface area contributed by atoms with Crippen LogP contribution in [0.15, 0.2) is 72.0 Å². The van der Waals surface area contributed by atoms with Crippen molar-refractivity contribution in [3.8, 4) is 0 Å². The van der Waals surface area contributed by atoms with Crippen LogP contribution in [0.3, 0.4) is 0 Å². The van der Waals surface area contributed by atoms with Crippen molar-refractivity contribution in [2.45, 2.75) is 37.5 Å². The predicted molar refractivity (Wildman–Crippen MR) is 105 cm³/mol. The molecular formula is C22H27N3O2. The lowest BCUT2D eigenvalue weighted by Crippen LogP contribution is -2.32. The van der Waals surface area contributed by atoms with E-state index in [1.165, 1.54) is 0 Å². The molecule has 142 valence electrons. The minimum absolute atomic E-state index is 0.0240. The summed E-state index contributed by atoms with van der Waals surface area (Å²) in [4.78, 5) is 0. The number of hydrogen-bond donors (Lipinski definition) is 4. The van der Waals surface area contributed by atoms with Crippen LogP contribution in [0.5, 0.6) is 0 Å². The van der Waals surface area contributed by atoms with E-state index in [2.05, 4.69) is 29.1 Å². The van der Waals surface area contributed by atoms with E-state index < -0.39 is 12.2 Å². The quantitative estimate of drug-likeness (QED) is 0.514. The van der Waals surface area contributed by atoms with Gasteiger partial charge < -0.3 is 15.5 Å². The van der Waals surface area contributed by atoms with E-state index in [4.69, 9.17) is 5.53 Å². The number of allylic oxidation sites excluding steroid dienone is 1. The van der Waals surface area contributed by atoms with E-state index in [1.807, 2.05) is 42.5 Å². The van der Waals surface area contributed by atoms with Crippen molar-refractivity contribution < 1.29 is 10.2 Å². The molecule has 0 heterocycles. The van der Waals surface area contributed by atoms with Crippen molar-refractivity contribution in [2.24, 2.45) is 11.0 Å². The summed E-state index contributed by atoms with van der Waals surface area (Å²) in [5.41, 5.74) is 11.2. The van der Waals surface area contributed by atoms with E-state index in [1.54, 1.807) is 0 Å². The Kier molecular flexibility index (Phi) is 6.37. The Balaban J connectivity index is 1.75. The molecule has 0 amide bonds. The molecule has 2 aromatic rings. The molecule has 0 saturated heterocycles. The van der Waals surface area contributed by atoms with Gasteiger partial charge in [0.2, 0.25) is 0 Å². The normalized spacial score (nSPS) is 20.5. The molecule has 4 atom stereocenters. The average molecular weight is 365 g/mol. The second-order valence-electron chi connectivity index (χ2n) is 7.23. The Labute approximate surface area is 160 Å². The molecule has 2 aromatic carbocycles. The Bertz CT molecular complexity index is 778. The van der Waals surface area contributed by atoms with E-state index in [0.717, 1.165) is 28.8 Å². The van der Waals surface area contributed by atoms with Crippen LogP contribution in [0.4, 0.5) is 0 Å². The van der Waals surface area contributed by atoms with E-state index in [9.17, 15) is 10.2 Å². The highest BCUT2D eigenvalue weighted by Crippen LogP contribution is 2.33. The summed E-state index contributed by atoms with van der Waals surface area (Å²) < 4.78 is 0. The minimum Gasteiger partial charge on any atom is -0.391 e. The van der Waals surface area contributed by atoms with Crippen molar-refractivity contribution in [1.29, 1.82) is 5.53 Å². The Morgan fingerprint density at radius 3 is 2.63 bits per heavy atom. The molecule has 0 aromatic heterocycles. The van der Waals surface area contributed by atoms with Crippen LogP contribution in [-0.2, 0) is 12.8 Å². The molecule has 0 unspecified atom stereocenters. The number of aliphatic hydroxyl groups is 2. The molecule has 0 bridgehead atoms. The van der Waals surface area contributed by atoms with E-state index in [0.29, 0.717) is 12.8 Å². The maximum Gasteiger partial charge on any atom is 0.0856 e. The Hall–Kier alpha value is -2.50. The highest BCUT2D eigenvalue weighted by Gasteiger charge is 2.32. The van der Waals surface area contributed by atoms with Crippen LogP contribution >= 0.6 is 0 Å². The molecular weight excluding hydrogens is 338 g/mol. The first-order chi connectivity index (χ1) is 13.1. The van der Waals surface area contributed by atoms with Gasteiger partial charge in [0.05, 0.1) is 24.8 Å². The summed E-state index contributed by atoms with van der Waals surface area (Å²) in [5.74, 6) is -0.0240. The number of nitrogens with one attached hydrogen (secondary N) is 2. The van der Waals surface area contributed by atoms with E-state index in [-0.39, 0.29) is 18.5 Å². The third-order valence-electron chi connectivity index (χ3n) is 5.22. The zero-order valence-electron chi connectivity index (χ0n) is 15.4. The van der Waals surface area contributed by atoms with E-state index >= 15 is 0 Å². The molecule has 5 nitrogen and oxygen atoms in total. The molecule has 27 heavy (non-hydrogen) atoms. The molecule has 3 rings (SSSR count). The number of fused-ring (bicyclic) bond motifs is 1. The van der Waals surface area contributed by atoms with Crippen LogP contribution in [0, 0.1) is 11.4 Å². The second-order valence-corrected chi connectivity index (χ2v) is 7.23. The predicted octanol–water partition coefficient (Wildman–Crippen LogP) is 3.39. The molecule has 1 aliphatic rings. The van der Waals surface area contributed by atoms with Crippen molar-refractivity contribution >= 4 is 0 Å². The highest BCUT2D eigenvalue weighted by atomic mass is 16.3.